The van der Waals surface area contributed by atoms with Gasteiger partial charge in [-0.15, -0.1) is 11.3 Å². The number of benzene rings is 1. The van der Waals surface area contributed by atoms with Crippen molar-refractivity contribution in [1.82, 2.24) is 4.98 Å². The summed E-state index contributed by atoms with van der Waals surface area (Å²) in [4.78, 5) is 35.5. The molecule has 5 rings (SSSR count). The van der Waals surface area contributed by atoms with E-state index in [4.69, 9.17) is 9.57 Å². The Morgan fingerprint density at radius 3 is 2.67 bits per heavy atom. The van der Waals surface area contributed by atoms with Gasteiger partial charge in [-0.1, -0.05) is 38.9 Å². The number of fused-ring (bicyclic) bond motifs is 5. The zero-order valence-electron chi connectivity index (χ0n) is 24.9. The molecule has 1 aromatic heterocycles. The minimum Gasteiger partial charge on any atom is -0.426 e. The van der Waals surface area contributed by atoms with Gasteiger partial charge in [-0.25, -0.2) is 4.98 Å². The van der Waals surface area contributed by atoms with Crippen LogP contribution in [0.4, 0.5) is 5.13 Å². The molecular formula is C32H43N3O4S. The van der Waals surface area contributed by atoms with E-state index in [1.165, 1.54) is 29.4 Å². The average Bonchev–Trinajstić information content (AvgIpc) is 3.41. The first-order chi connectivity index (χ1) is 18.9. The second-order valence-corrected chi connectivity index (χ2v) is 14.5. The second-order valence-electron chi connectivity index (χ2n) is 13.2. The lowest BCUT2D eigenvalue weighted by molar-refractivity contribution is -0.132. The van der Waals surface area contributed by atoms with E-state index in [-0.39, 0.29) is 22.7 Å². The van der Waals surface area contributed by atoms with E-state index in [2.05, 4.69) is 55.3 Å². The maximum atomic E-state index is 12.9. The molecule has 0 radical (unpaired) electrons. The van der Waals surface area contributed by atoms with Gasteiger partial charge in [0.2, 0.25) is 5.91 Å². The zero-order valence-corrected chi connectivity index (χ0v) is 25.7. The molecule has 1 aromatic carbocycles. The van der Waals surface area contributed by atoms with Crippen LogP contribution in [0.2, 0.25) is 0 Å². The van der Waals surface area contributed by atoms with Gasteiger partial charge in [-0.3, -0.25) is 9.59 Å². The fraction of sp³-hybridized carbons (Fsp3) is 0.625. The number of nitrogens with zero attached hydrogens (tertiary/aromatic N) is 2. The number of carbonyl (C=O) groups is 2. The van der Waals surface area contributed by atoms with Crippen molar-refractivity contribution in [2.24, 2.45) is 28.3 Å². The molecule has 5 atom stereocenters. The number of aromatic nitrogens is 1. The number of hydrogen-bond acceptors (Lipinski definition) is 7. The van der Waals surface area contributed by atoms with E-state index < -0.39 is 0 Å². The van der Waals surface area contributed by atoms with E-state index in [0.717, 1.165) is 54.7 Å². The summed E-state index contributed by atoms with van der Waals surface area (Å²) in [7, 11) is 1.64. The number of anilines is 1. The molecule has 0 spiro atoms. The number of nitrogens with one attached hydrogen (secondary N) is 1. The van der Waals surface area contributed by atoms with Crippen molar-refractivity contribution in [3.63, 3.8) is 0 Å². The highest BCUT2D eigenvalue weighted by molar-refractivity contribution is 7.15. The van der Waals surface area contributed by atoms with Crippen LogP contribution in [0, 0.1) is 30.1 Å². The summed E-state index contributed by atoms with van der Waals surface area (Å²) in [5, 5.41) is 8.22. The van der Waals surface area contributed by atoms with Crippen molar-refractivity contribution in [1.29, 1.82) is 0 Å². The Bertz CT molecular complexity index is 1330. The van der Waals surface area contributed by atoms with Gasteiger partial charge in [0, 0.05) is 35.4 Å². The minimum absolute atomic E-state index is 0.0211. The summed E-state index contributed by atoms with van der Waals surface area (Å²) < 4.78 is 5.71. The van der Waals surface area contributed by atoms with Crippen LogP contribution < -0.4 is 10.1 Å². The molecule has 8 heteroatoms. The molecule has 1 amide bonds. The van der Waals surface area contributed by atoms with Crippen LogP contribution in [0.3, 0.4) is 0 Å². The number of esters is 1. The molecule has 2 fully saturated rings. The number of ether oxygens (including phenoxy) is 1. The number of thiazole rings is 1. The van der Waals surface area contributed by atoms with Crippen LogP contribution in [0.1, 0.15) is 101 Å². The van der Waals surface area contributed by atoms with Gasteiger partial charge in [0.05, 0.1) is 5.71 Å². The van der Waals surface area contributed by atoms with Crippen LogP contribution in [0.15, 0.2) is 23.5 Å². The summed E-state index contributed by atoms with van der Waals surface area (Å²) in [5.41, 5.74) is 4.82. The normalized spacial score (nSPS) is 28.4. The number of oxime groups is 1. The van der Waals surface area contributed by atoms with Crippen LogP contribution in [-0.4, -0.2) is 29.7 Å². The van der Waals surface area contributed by atoms with E-state index in [1.54, 1.807) is 13.3 Å². The fourth-order valence-electron chi connectivity index (χ4n) is 7.93. The molecule has 0 bridgehead atoms. The quantitative estimate of drug-likeness (QED) is 0.228. The average molecular weight is 566 g/mol. The SMILES string of the molecule is CO/N=C1\C[C@@H](CCC(=O)Nc2ncc(C)s2)C2C3CCc4cc(OC(C)=O)c(C(C)(C)C)cc4C3CC[C@]12C. The second kappa shape index (κ2) is 10.9. The summed E-state index contributed by atoms with van der Waals surface area (Å²) in [6.45, 7) is 12.4. The molecule has 3 aliphatic carbocycles. The number of amides is 1. The number of aryl methyl sites for hydroxylation is 2. The number of rotatable bonds is 6. The molecule has 2 saturated carbocycles. The van der Waals surface area contributed by atoms with Crippen molar-refractivity contribution in [3.05, 3.63) is 39.9 Å². The standard InChI is InChI=1S/C32H43N3O4S/c1-18-17-33-30(40-18)34-28(37)11-9-21-15-27(35-38-7)32(6)13-12-22-23(29(21)32)10-8-20-14-26(39-19(2)36)25(16-24(20)22)31(3,4)5/h14,16-17,21-23,29H,8-13,15H2,1-7H3,(H,33,34,37)/b35-27+/t21-,22?,23?,29?,32-/m1/s1. The lowest BCUT2D eigenvalue weighted by atomic mass is 9.53. The molecule has 216 valence electrons. The van der Waals surface area contributed by atoms with E-state index >= 15 is 0 Å². The molecule has 2 aromatic rings. The summed E-state index contributed by atoms with van der Waals surface area (Å²) in [6.07, 6.45) is 8.19. The molecule has 0 aliphatic heterocycles. The van der Waals surface area contributed by atoms with Gasteiger partial charge in [0.15, 0.2) is 5.13 Å². The summed E-state index contributed by atoms with van der Waals surface area (Å²) in [5.74, 6) is 2.23. The highest BCUT2D eigenvalue weighted by atomic mass is 32.1. The number of carbonyl (C=O) groups excluding carboxylic acids is 2. The van der Waals surface area contributed by atoms with Crippen LogP contribution in [-0.2, 0) is 26.3 Å². The first-order valence-corrected chi connectivity index (χ1v) is 15.4. The third-order valence-corrected chi connectivity index (χ3v) is 10.4. The molecule has 3 aliphatic rings. The Kier molecular flexibility index (Phi) is 7.85. The minimum atomic E-state index is -0.277. The van der Waals surface area contributed by atoms with Crippen molar-refractivity contribution < 1.29 is 19.2 Å². The zero-order chi connectivity index (χ0) is 28.8. The van der Waals surface area contributed by atoms with Crippen LogP contribution in [0.5, 0.6) is 5.75 Å². The predicted octanol–water partition coefficient (Wildman–Crippen LogP) is 7.18. The Labute approximate surface area is 242 Å². The molecule has 40 heavy (non-hydrogen) atoms. The van der Waals surface area contributed by atoms with Crippen LogP contribution in [0.25, 0.3) is 0 Å². The number of hydrogen-bond donors (Lipinski definition) is 1. The largest absolute Gasteiger partial charge is 0.426 e. The topological polar surface area (TPSA) is 89.9 Å². The van der Waals surface area contributed by atoms with E-state index in [9.17, 15) is 9.59 Å². The lowest BCUT2D eigenvalue weighted by Gasteiger charge is -2.50. The first kappa shape index (κ1) is 28.8. The van der Waals surface area contributed by atoms with Crippen molar-refractivity contribution in [2.45, 2.75) is 97.8 Å². The smallest absolute Gasteiger partial charge is 0.308 e. The maximum Gasteiger partial charge on any atom is 0.308 e. The summed E-state index contributed by atoms with van der Waals surface area (Å²) in [6, 6.07) is 4.47. The van der Waals surface area contributed by atoms with Gasteiger partial charge < -0.3 is 14.9 Å². The van der Waals surface area contributed by atoms with Gasteiger partial charge >= 0.3 is 5.97 Å². The molecule has 3 unspecified atom stereocenters. The molecule has 1 N–H and O–H groups in total. The van der Waals surface area contributed by atoms with E-state index in [0.29, 0.717) is 41.0 Å². The summed E-state index contributed by atoms with van der Waals surface area (Å²) >= 11 is 1.51. The highest BCUT2D eigenvalue weighted by Gasteiger charge is 2.57. The maximum absolute atomic E-state index is 12.9. The Balaban J connectivity index is 1.43. The Morgan fingerprint density at radius 2 is 2.02 bits per heavy atom. The third kappa shape index (κ3) is 5.44. The predicted molar refractivity (Wildman–Crippen MR) is 159 cm³/mol. The molecular weight excluding hydrogens is 522 g/mol. The third-order valence-electron chi connectivity index (χ3n) is 9.57. The van der Waals surface area contributed by atoms with Crippen molar-refractivity contribution in [2.75, 3.05) is 12.4 Å². The monoisotopic (exact) mass is 565 g/mol. The van der Waals surface area contributed by atoms with Gasteiger partial charge in [-0.05, 0) is 91.7 Å². The molecule has 0 saturated heterocycles. The molecule has 1 heterocycles. The Morgan fingerprint density at radius 1 is 1.25 bits per heavy atom. The van der Waals surface area contributed by atoms with Crippen LogP contribution >= 0.6 is 11.3 Å². The highest BCUT2D eigenvalue weighted by Crippen LogP contribution is 2.63. The Hall–Kier alpha value is -2.74. The van der Waals surface area contributed by atoms with Crippen molar-refractivity contribution >= 4 is 34.1 Å². The van der Waals surface area contributed by atoms with Gasteiger partial charge in [0.1, 0.15) is 12.9 Å². The lowest BCUT2D eigenvalue weighted by Crippen LogP contribution is -2.44. The van der Waals surface area contributed by atoms with Gasteiger partial charge in [-0.2, -0.15) is 0 Å². The molecule has 7 nitrogen and oxygen atoms in total. The fourth-order valence-corrected chi connectivity index (χ4v) is 8.61. The van der Waals surface area contributed by atoms with Crippen molar-refractivity contribution in [3.8, 4) is 5.75 Å². The van der Waals surface area contributed by atoms with Gasteiger partial charge in [0.25, 0.3) is 0 Å². The van der Waals surface area contributed by atoms with E-state index in [1.807, 2.05) is 6.92 Å². The first-order valence-electron chi connectivity index (χ1n) is 14.6.